The summed E-state index contributed by atoms with van der Waals surface area (Å²) < 4.78 is 3.16. The first-order chi connectivity index (χ1) is 5.83. The van der Waals surface area contributed by atoms with Crippen LogP contribution in [0.1, 0.15) is 18.2 Å². The molecule has 1 aromatic heterocycles. The van der Waals surface area contributed by atoms with Crippen molar-refractivity contribution in [2.45, 2.75) is 26.4 Å². The highest BCUT2D eigenvalue weighted by atomic mass is 79.9. The Morgan fingerprint density at radius 1 is 1.67 bits per heavy atom. The van der Waals surface area contributed by atoms with E-state index in [0.717, 1.165) is 30.7 Å². The van der Waals surface area contributed by atoms with E-state index in [1.165, 1.54) is 11.3 Å². The van der Waals surface area contributed by atoms with E-state index in [9.17, 15) is 0 Å². The molecule has 0 atom stereocenters. The summed E-state index contributed by atoms with van der Waals surface area (Å²) in [6.07, 6.45) is 1.06. The minimum absolute atomic E-state index is 0.938. The average molecular weight is 230 g/mol. The molecule has 0 bridgehead atoms. The van der Waals surface area contributed by atoms with Crippen molar-refractivity contribution in [2.75, 3.05) is 6.54 Å². The Morgan fingerprint density at radius 3 is 3.17 bits per heavy atom. The first-order valence-corrected chi connectivity index (χ1v) is 5.07. The number of hydrogen-bond donors (Lipinski definition) is 1. The third kappa shape index (κ3) is 1.19. The van der Waals surface area contributed by atoms with Crippen molar-refractivity contribution in [3.8, 4) is 0 Å². The van der Waals surface area contributed by atoms with Crippen molar-refractivity contribution in [2.24, 2.45) is 0 Å². The average Bonchev–Trinajstić information content (AvgIpc) is 2.44. The number of aryl methyl sites for hydroxylation is 1. The lowest BCUT2D eigenvalue weighted by molar-refractivity contribution is 0.618. The van der Waals surface area contributed by atoms with E-state index in [-0.39, 0.29) is 0 Å². The van der Waals surface area contributed by atoms with Gasteiger partial charge in [0.2, 0.25) is 0 Å². The van der Waals surface area contributed by atoms with Crippen LogP contribution in [0.4, 0.5) is 0 Å². The Morgan fingerprint density at radius 2 is 2.50 bits per heavy atom. The van der Waals surface area contributed by atoms with E-state index in [2.05, 4.69) is 33.3 Å². The van der Waals surface area contributed by atoms with E-state index in [4.69, 9.17) is 0 Å². The highest BCUT2D eigenvalue weighted by Gasteiger charge is 2.17. The van der Waals surface area contributed by atoms with Gasteiger partial charge in [0.1, 0.15) is 4.60 Å². The molecule has 0 fully saturated rings. The van der Waals surface area contributed by atoms with Gasteiger partial charge in [-0.25, -0.2) is 0 Å². The van der Waals surface area contributed by atoms with Gasteiger partial charge in [-0.15, -0.1) is 0 Å². The summed E-state index contributed by atoms with van der Waals surface area (Å²) in [5, 5.41) is 7.83. The van der Waals surface area contributed by atoms with Crippen LogP contribution < -0.4 is 5.32 Å². The number of aromatic nitrogens is 2. The zero-order valence-corrected chi connectivity index (χ0v) is 8.69. The normalized spacial score (nSPS) is 16.2. The number of halogens is 1. The summed E-state index contributed by atoms with van der Waals surface area (Å²) in [6, 6.07) is 0. The zero-order valence-electron chi connectivity index (χ0n) is 7.10. The quantitative estimate of drug-likeness (QED) is 0.788. The molecule has 0 aromatic carbocycles. The van der Waals surface area contributed by atoms with E-state index >= 15 is 0 Å². The molecule has 4 heteroatoms. The molecule has 0 saturated heterocycles. The predicted molar refractivity (Wildman–Crippen MR) is 51.0 cm³/mol. The summed E-state index contributed by atoms with van der Waals surface area (Å²) in [4.78, 5) is 0. The van der Waals surface area contributed by atoms with Crippen molar-refractivity contribution in [1.29, 1.82) is 0 Å². The molecule has 0 spiro atoms. The summed E-state index contributed by atoms with van der Waals surface area (Å²) in [5.41, 5.74) is 2.59. The van der Waals surface area contributed by atoms with E-state index in [1.54, 1.807) is 0 Å². The second kappa shape index (κ2) is 3.18. The van der Waals surface area contributed by atoms with Gasteiger partial charge in [-0.05, 0) is 22.9 Å². The zero-order chi connectivity index (χ0) is 8.55. The molecule has 1 aliphatic heterocycles. The third-order valence-corrected chi connectivity index (χ3v) is 3.09. The number of rotatable bonds is 1. The molecular weight excluding hydrogens is 218 g/mol. The Bertz CT molecular complexity index is 293. The van der Waals surface area contributed by atoms with Crippen LogP contribution in [0.15, 0.2) is 4.60 Å². The second-order valence-electron chi connectivity index (χ2n) is 2.96. The molecule has 3 nitrogen and oxygen atoms in total. The summed E-state index contributed by atoms with van der Waals surface area (Å²) in [5.74, 6) is 0. The van der Waals surface area contributed by atoms with E-state index in [0.29, 0.717) is 0 Å². The maximum absolute atomic E-state index is 4.50. The van der Waals surface area contributed by atoms with Crippen molar-refractivity contribution in [3.05, 3.63) is 15.9 Å². The molecule has 12 heavy (non-hydrogen) atoms. The molecular formula is C8H12BrN3. The summed E-state index contributed by atoms with van der Waals surface area (Å²) in [6.45, 7) is 5.06. The number of nitrogens with zero attached hydrogens (tertiary/aromatic N) is 2. The van der Waals surface area contributed by atoms with Gasteiger partial charge < -0.3 is 5.32 Å². The summed E-state index contributed by atoms with van der Waals surface area (Å²) in [7, 11) is 0. The van der Waals surface area contributed by atoms with Gasteiger partial charge in [0.25, 0.3) is 0 Å². The fraction of sp³-hybridized carbons (Fsp3) is 0.625. The van der Waals surface area contributed by atoms with Crippen LogP contribution in [0, 0.1) is 0 Å². The van der Waals surface area contributed by atoms with Crippen molar-refractivity contribution >= 4 is 15.9 Å². The monoisotopic (exact) mass is 229 g/mol. The Kier molecular flexibility index (Phi) is 2.19. The van der Waals surface area contributed by atoms with Crippen LogP contribution in [0.3, 0.4) is 0 Å². The fourth-order valence-electron chi connectivity index (χ4n) is 1.53. The maximum Gasteiger partial charge on any atom is 0.108 e. The van der Waals surface area contributed by atoms with Gasteiger partial charge in [0.05, 0.1) is 5.69 Å². The number of nitrogens with one attached hydrogen (secondary N) is 1. The maximum atomic E-state index is 4.50. The van der Waals surface area contributed by atoms with Crippen LogP contribution in [0.2, 0.25) is 0 Å². The van der Waals surface area contributed by atoms with Crippen LogP contribution in [0.25, 0.3) is 0 Å². The van der Waals surface area contributed by atoms with Crippen molar-refractivity contribution < 1.29 is 0 Å². The van der Waals surface area contributed by atoms with E-state index < -0.39 is 0 Å². The molecule has 0 saturated carbocycles. The highest BCUT2D eigenvalue weighted by molar-refractivity contribution is 9.10. The Hall–Kier alpha value is -0.350. The smallest absolute Gasteiger partial charge is 0.108 e. The van der Waals surface area contributed by atoms with Gasteiger partial charge in [-0.3, -0.25) is 4.68 Å². The number of hydrogen-bond acceptors (Lipinski definition) is 2. The summed E-state index contributed by atoms with van der Waals surface area (Å²) >= 11 is 3.56. The molecule has 2 heterocycles. The van der Waals surface area contributed by atoms with Crippen molar-refractivity contribution in [1.82, 2.24) is 15.1 Å². The molecule has 1 aliphatic rings. The van der Waals surface area contributed by atoms with Crippen LogP contribution in [-0.4, -0.2) is 16.3 Å². The second-order valence-corrected chi connectivity index (χ2v) is 3.71. The SMILES string of the molecule is CCn1nc2c(c1Br)CNCC2. The van der Waals surface area contributed by atoms with Gasteiger partial charge in [0, 0.05) is 31.6 Å². The van der Waals surface area contributed by atoms with Gasteiger partial charge in [-0.1, -0.05) is 0 Å². The minimum Gasteiger partial charge on any atom is -0.312 e. The molecule has 0 amide bonds. The number of fused-ring (bicyclic) bond motifs is 1. The van der Waals surface area contributed by atoms with Crippen molar-refractivity contribution in [3.63, 3.8) is 0 Å². The molecule has 2 rings (SSSR count). The first kappa shape index (κ1) is 8.26. The van der Waals surface area contributed by atoms with Crippen LogP contribution >= 0.6 is 15.9 Å². The minimum atomic E-state index is 0.938. The first-order valence-electron chi connectivity index (χ1n) is 4.27. The van der Waals surface area contributed by atoms with Gasteiger partial charge >= 0.3 is 0 Å². The lowest BCUT2D eigenvalue weighted by Gasteiger charge is -2.10. The molecule has 0 unspecified atom stereocenters. The molecule has 66 valence electrons. The third-order valence-electron chi connectivity index (χ3n) is 2.21. The lowest BCUT2D eigenvalue weighted by Crippen LogP contribution is -2.23. The van der Waals surface area contributed by atoms with Crippen LogP contribution in [-0.2, 0) is 19.5 Å². The van der Waals surface area contributed by atoms with Gasteiger partial charge in [0.15, 0.2) is 0 Å². The lowest BCUT2D eigenvalue weighted by atomic mass is 10.1. The van der Waals surface area contributed by atoms with Gasteiger partial charge in [-0.2, -0.15) is 5.10 Å². The standard InChI is InChI=1S/C8H12BrN3/c1-2-12-8(9)6-5-10-4-3-7(6)11-12/h10H,2-5H2,1H3. The largest absolute Gasteiger partial charge is 0.312 e. The Labute approximate surface area is 80.3 Å². The fourth-order valence-corrected chi connectivity index (χ4v) is 2.23. The predicted octanol–water partition coefficient (Wildman–Crippen LogP) is 1.31. The molecule has 0 aliphatic carbocycles. The van der Waals surface area contributed by atoms with E-state index in [1.807, 2.05) is 4.68 Å². The molecule has 1 N–H and O–H groups in total. The molecule has 0 radical (unpaired) electrons. The molecule has 1 aromatic rings. The Balaban J connectivity index is 2.44. The highest BCUT2D eigenvalue weighted by Crippen LogP contribution is 2.22. The van der Waals surface area contributed by atoms with Crippen LogP contribution in [0.5, 0.6) is 0 Å². The topological polar surface area (TPSA) is 29.9 Å².